The van der Waals surface area contributed by atoms with Crippen molar-refractivity contribution < 1.29 is 9.18 Å². The van der Waals surface area contributed by atoms with Crippen LogP contribution >= 0.6 is 23.2 Å². The molecule has 3 aromatic heterocycles. The fourth-order valence-electron chi connectivity index (χ4n) is 10.1. The third-order valence-electron chi connectivity index (χ3n) is 12.8. The highest BCUT2D eigenvalue weighted by Crippen LogP contribution is 2.54. The predicted octanol–water partition coefficient (Wildman–Crippen LogP) is 6.88. The SMILES string of the molecule is Cc1nc2c(F)c(-c3cccc(Cl)c3Cl)c(CCC#N)cc2c2c1cc(C1C3CC(CN(c4cc(=O)n(C)cn4)C3)N1C(=O)C1CC1)n2C1C2CNC1C2. The van der Waals surface area contributed by atoms with Crippen LogP contribution in [0.4, 0.5) is 10.2 Å². The van der Waals surface area contributed by atoms with Crippen molar-refractivity contribution in [2.75, 3.05) is 24.5 Å². The molecule has 5 aromatic rings. The van der Waals surface area contributed by atoms with Crippen LogP contribution in [0.3, 0.4) is 0 Å². The van der Waals surface area contributed by atoms with Gasteiger partial charge in [-0.3, -0.25) is 9.59 Å². The summed E-state index contributed by atoms with van der Waals surface area (Å²) >= 11 is 13.2. The standard InChI is InChI=1S/C41H39Cl2FN8O2/c1-20-27-14-31(39-24-11-25(51(39)41(54)21-8-9-21)18-50(17-24)32-15-33(53)49(2)19-47-32)52(38-23-13-30(38)46-16-23)40(27)28-12-22(5-4-10-45)34(36(44)37(28)48-20)26-6-3-7-29(42)35(26)43/h3,6-7,12,14-15,19,21,23-25,30,38-39,46H,4-5,8-9,11,13,16-18H2,1-2H3. The molecule has 2 saturated carbocycles. The zero-order valence-electron chi connectivity index (χ0n) is 30.0. The third-order valence-corrected chi connectivity index (χ3v) is 13.6. The molecule has 4 bridgehead atoms. The molecular formula is C41H39Cl2FN8O2. The highest BCUT2D eigenvalue weighted by molar-refractivity contribution is 6.43. The number of fused-ring (bicyclic) bond motifs is 6. The quantitative estimate of drug-likeness (QED) is 0.192. The van der Waals surface area contributed by atoms with Crippen LogP contribution in [0.15, 0.2) is 47.5 Å². The van der Waals surface area contributed by atoms with Gasteiger partial charge in [0.05, 0.1) is 46.1 Å². The lowest BCUT2D eigenvalue weighted by molar-refractivity contribution is -0.135. The number of likely N-dealkylation sites (tertiary alicyclic amines) is 1. The Bertz CT molecular complexity index is 2510. The monoisotopic (exact) mass is 764 g/mol. The van der Waals surface area contributed by atoms with Gasteiger partial charge in [0.1, 0.15) is 11.3 Å². The molecule has 1 N–H and O–H groups in total. The molecule has 4 aliphatic heterocycles. The minimum atomic E-state index is -0.488. The summed E-state index contributed by atoms with van der Waals surface area (Å²) in [7, 11) is 1.69. The Morgan fingerprint density at radius 3 is 2.67 bits per heavy atom. The number of nitrogens with zero attached hydrogens (tertiary/aromatic N) is 7. The van der Waals surface area contributed by atoms with E-state index in [1.54, 1.807) is 37.6 Å². The van der Waals surface area contributed by atoms with Crippen molar-refractivity contribution in [3.63, 3.8) is 0 Å². The van der Waals surface area contributed by atoms with Gasteiger partial charge in [0.15, 0.2) is 5.82 Å². The molecule has 2 aromatic carbocycles. The molecule has 2 aliphatic carbocycles. The molecule has 276 valence electrons. The number of pyridine rings is 1. The first-order valence-electron chi connectivity index (χ1n) is 18.9. The summed E-state index contributed by atoms with van der Waals surface area (Å²) in [5.74, 6) is 0.860. The van der Waals surface area contributed by atoms with Crippen LogP contribution < -0.4 is 15.8 Å². The van der Waals surface area contributed by atoms with E-state index >= 15 is 4.39 Å². The molecule has 6 unspecified atom stereocenters. The van der Waals surface area contributed by atoms with E-state index in [4.69, 9.17) is 28.2 Å². The van der Waals surface area contributed by atoms with Crippen molar-refractivity contribution in [3.8, 4) is 17.2 Å². The van der Waals surface area contributed by atoms with E-state index in [-0.39, 0.29) is 64.4 Å². The minimum absolute atomic E-state index is 0.0274. The van der Waals surface area contributed by atoms with Crippen LogP contribution in [0.1, 0.15) is 61.1 Å². The number of hydrogen-bond acceptors (Lipinski definition) is 7. The van der Waals surface area contributed by atoms with Gasteiger partial charge in [-0.2, -0.15) is 5.26 Å². The zero-order chi connectivity index (χ0) is 37.2. The Labute approximate surface area is 321 Å². The van der Waals surface area contributed by atoms with Gasteiger partial charge in [0, 0.05) is 90.3 Å². The Kier molecular flexibility index (Phi) is 7.89. The van der Waals surface area contributed by atoms with Crippen LogP contribution in [0, 0.1) is 41.8 Å². The third kappa shape index (κ3) is 5.06. The van der Waals surface area contributed by atoms with E-state index in [1.807, 2.05) is 13.0 Å². The molecule has 0 spiro atoms. The molecule has 6 atom stereocenters. The van der Waals surface area contributed by atoms with Crippen molar-refractivity contribution >= 4 is 56.7 Å². The lowest BCUT2D eigenvalue weighted by atomic mass is 9.79. The molecular weight excluding hydrogens is 726 g/mol. The summed E-state index contributed by atoms with van der Waals surface area (Å²) in [6.07, 6.45) is 5.80. The van der Waals surface area contributed by atoms with Crippen molar-refractivity contribution in [1.82, 2.24) is 29.3 Å². The summed E-state index contributed by atoms with van der Waals surface area (Å²) < 4.78 is 21.2. The zero-order valence-corrected chi connectivity index (χ0v) is 31.5. The fourth-order valence-corrected chi connectivity index (χ4v) is 10.5. The molecule has 0 radical (unpaired) electrons. The molecule has 10 nitrogen and oxygen atoms in total. The number of benzene rings is 2. The van der Waals surface area contributed by atoms with Gasteiger partial charge in [0.2, 0.25) is 5.91 Å². The molecule has 1 amide bonds. The maximum atomic E-state index is 17.3. The Morgan fingerprint density at radius 2 is 1.94 bits per heavy atom. The maximum absolute atomic E-state index is 17.3. The summed E-state index contributed by atoms with van der Waals surface area (Å²) in [5.41, 5.74) is 4.26. The predicted molar refractivity (Wildman–Crippen MR) is 206 cm³/mol. The normalized spacial score (nSPS) is 25.8. The van der Waals surface area contributed by atoms with Crippen LogP contribution in [0.2, 0.25) is 10.0 Å². The molecule has 4 saturated heterocycles. The first-order valence-corrected chi connectivity index (χ1v) is 19.7. The molecule has 6 aliphatic rings. The summed E-state index contributed by atoms with van der Waals surface area (Å²) in [4.78, 5) is 41.0. The van der Waals surface area contributed by atoms with Crippen LogP contribution in [-0.2, 0) is 18.3 Å². The largest absolute Gasteiger partial charge is 0.354 e. The second kappa shape index (κ2) is 12.5. The number of nitriles is 1. The van der Waals surface area contributed by atoms with Gasteiger partial charge in [-0.1, -0.05) is 35.3 Å². The van der Waals surface area contributed by atoms with Crippen molar-refractivity contribution in [1.29, 1.82) is 5.26 Å². The number of piperidine rings is 1. The second-order valence-electron chi connectivity index (χ2n) is 16.0. The van der Waals surface area contributed by atoms with E-state index in [1.165, 1.54) is 4.57 Å². The van der Waals surface area contributed by atoms with Gasteiger partial charge in [-0.05, 0) is 68.7 Å². The van der Waals surface area contributed by atoms with Gasteiger partial charge < -0.3 is 24.3 Å². The average molecular weight is 766 g/mol. The highest BCUT2D eigenvalue weighted by atomic mass is 35.5. The lowest BCUT2D eigenvalue weighted by Crippen LogP contribution is -2.45. The number of aromatic nitrogens is 4. The van der Waals surface area contributed by atoms with Crippen molar-refractivity contribution in [2.45, 2.75) is 69.6 Å². The Hall–Kier alpha value is -4.50. The number of amides is 1. The van der Waals surface area contributed by atoms with Crippen molar-refractivity contribution in [3.05, 3.63) is 85.9 Å². The van der Waals surface area contributed by atoms with Crippen molar-refractivity contribution in [2.24, 2.45) is 24.8 Å². The smallest absolute Gasteiger partial charge is 0.255 e. The highest BCUT2D eigenvalue weighted by Gasteiger charge is 2.55. The number of hydrogen-bond donors (Lipinski definition) is 1. The number of anilines is 1. The summed E-state index contributed by atoms with van der Waals surface area (Å²) in [6.45, 7) is 4.09. The number of carbonyl (C=O) groups excluding carboxylic acids is 1. The topological polar surface area (TPSA) is 112 Å². The van der Waals surface area contributed by atoms with E-state index in [2.05, 4.69) is 36.8 Å². The summed E-state index contributed by atoms with van der Waals surface area (Å²) in [5, 5.41) is 15.6. The van der Waals surface area contributed by atoms with E-state index in [0.717, 1.165) is 48.8 Å². The van der Waals surface area contributed by atoms with Gasteiger partial charge in [-0.25, -0.2) is 14.4 Å². The molecule has 6 fully saturated rings. The molecule has 54 heavy (non-hydrogen) atoms. The number of aryl methyl sites for hydroxylation is 3. The van der Waals surface area contributed by atoms with Crippen LogP contribution in [0.5, 0.6) is 0 Å². The minimum Gasteiger partial charge on any atom is -0.354 e. The van der Waals surface area contributed by atoms with Crippen LogP contribution in [0.25, 0.3) is 32.9 Å². The molecule has 7 heterocycles. The van der Waals surface area contributed by atoms with E-state index < -0.39 is 5.82 Å². The maximum Gasteiger partial charge on any atom is 0.255 e. The number of carbonyl (C=O) groups is 1. The average Bonchev–Trinajstić information content (AvgIpc) is 3.44. The number of nitrogens with one attached hydrogen (secondary N) is 1. The second-order valence-corrected chi connectivity index (χ2v) is 16.8. The van der Waals surface area contributed by atoms with E-state index in [9.17, 15) is 14.9 Å². The first-order chi connectivity index (χ1) is 26.1. The number of halogens is 3. The fraction of sp³-hybridized carbons (Fsp3) is 0.439. The van der Waals surface area contributed by atoms with Gasteiger partial charge >= 0.3 is 0 Å². The number of rotatable bonds is 7. The first kappa shape index (κ1) is 34.0. The lowest BCUT2D eigenvalue weighted by Gasteiger charge is -2.40. The molecule has 13 heteroatoms. The van der Waals surface area contributed by atoms with E-state index in [0.29, 0.717) is 64.0 Å². The Morgan fingerprint density at radius 1 is 1.11 bits per heavy atom. The van der Waals surface area contributed by atoms with Gasteiger partial charge in [-0.15, -0.1) is 0 Å². The molecule has 11 rings (SSSR count). The summed E-state index contributed by atoms with van der Waals surface area (Å²) in [6, 6.07) is 13.4. The Balaban J connectivity index is 1.21. The van der Waals surface area contributed by atoms with Gasteiger partial charge in [0.25, 0.3) is 5.56 Å². The van der Waals surface area contributed by atoms with Crippen LogP contribution in [-0.4, -0.2) is 61.6 Å².